The summed E-state index contributed by atoms with van der Waals surface area (Å²) in [4.78, 5) is 21.2. The van der Waals surface area contributed by atoms with Crippen molar-refractivity contribution in [3.8, 4) is 0 Å². The van der Waals surface area contributed by atoms with Crippen LogP contribution >= 0.6 is 0 Å². The number of aromatic nitrogens is 4. The molecule has 6 heteroatoms. The van der Waals surface area contributed by atoms with E-state index in [-0.39, 0.29) is 0 Å². The fraction of sp³-hybridized carbons (Fsp3) is 0.263. The zero-order valence-corrected chi connectivity index (χ0v) is 14.8. The predicted molar refractivity (Wildman–Crippen MR) is 95.4 cm³/mol. The van der Waals surface area contributed by atoms with E-state index in [1.165, 1.54) is 6.20 Å². The highest BCUT2D eigenvalue weighted by Gasteiger charge is 2.18. The Morgan fingerprint density at radius 3 is 2.80 bits per heavy atom. The van der Waals surface area contributed by atoms with Gasteiger partial charge < -0.3 is 4.74 Å². The van der Waals surface area contributed by atoms with Crippen molar-refractivity contribution in [2.45, 2.75) is 27.7 Å². The smallest absolute Gasteiger partial charge is 0.343 e. The lowest BCUT2D eigenvalue weighted by atomic mass is 10.0. The number of aryl methyl sites for hydroxylation is 2. The first-order valence-electron chi connectivity index (χ1n) is 8.18. The normalized spacial score (nSPS) is 11.8. The minimum absolute atomic E-state index is 0.309. The summed E-state index contributed by atoms with van der Waals surface area (Å²) in [6.45, 7) is 7.95. The van der Waals surface area contributed by atoms with Gasteiger partial charge in [-0.3, -0.25) is 4.98 Å². The number of hydrogen-bond acceptors (Lipinski definition) is 5. The largest absolute Gasteiger partial charge is 0.462 e. The number of carbonyl (C=O) groups is 1. The molecule has 25 heavy (non-hydrogen) atoms. The lowest BCUT2D eigenvalue weighted by Gasteiger charge is -2.11. The molecule has 6 nitrogen and oxygen atoms in total. The lowest BCUT2D eigenvalue weighted by Crippen LogP contribution is -2.07. The van der Waals surface area contributed by atoms with Crippen LogP contribution in [0.4, 0.5) is 0 Å². The second-order valence-corrected chi connectivity index (χ2v) is 5.64. The van der Waals surface area contributed by atoms with E-state index in [0.717, 1.165) is 28.2 Å². The third-order valence-electron chi connectivity index (χ3n) is 4.01. The van der Waals surface area contributed by atoms with Gasteiger partial charge in [0.05, 0.1) is 18.5 Å². The topological polar surface area (TPSA) is 69.4 Å². The Hall–Kier alpha value is -3.02. The monoisotopic (exact) mass is 336 g/mol. The Balaban J connectivity index is 2.18. The van der Waals surface area contributed by atoms with E-state index in [9.17, 15) is 4.79 Å². The van der Waals surface area contributed by atoms with E-state index in [0.29, 0.717) is 17.8 Å². The van der Waals surface area contributed by atoms with Gasteiger partial charge in [0.25, 0.3) is 0 Å². The number of pyridine rings is 1. The second kappa shape index (κ2) is 6.84. The summed E-state index contributed by atoms with van der Waals surface area (Å²) < 4.78 is 6.76. The van der Waals surface area contributed by atoms with Crippen LogP contribution in [0.2, 0.25) is 0 Å². The number of hydrogen-bond donors (Lipinski definition) is 0. The van der Waals surface area contributed by atoms with Crippen LogP contribution in [-0.4, -0.2) is 32.2 Å². The average molecular weight is 336 g/mol. The van der Waals surface area contributed by atoms with Crippen molar-refractivity contribution in [2.24, 2.45) is 0 Å². The van der Waals surface area contributed by atoms with Crippen molar-refractivity contribution in [1.82, 2.24) is 19.6 Å². The standard InChI is InChI=1S/C19H20N4O2/c1-5-14(15-8-7-9-20-13(15)4)17-10-12(3)23-18(22-17)16(11-21-23)19(24)25-6-2/h5,7-11H,6H2,1-4H3/b14-5+. The number of ether oxygens (including phenoxy) is 1. The minimum atomic E-state index is -0.416. The molecule has 0 aromatic carbocycles. The van der Waals surface area contributed by atoms with Crippen molar-refractivity contribution in [3.63, 3.8) is 0 Å². The fourth-order valence-corrected chi connectivity index (χ4v) is 2.81. The van der Waals surface area contributed by atoms with E-state index in [1.54, 1.807) is 17.6 Å². The summed E-state index contributed by atoms with van der Waals surface area (Å²) in [6.07, 6.45) is 5.27. The zero-order valence-electron chi connectivity index (χ0n) is 14.8. The number of allylic oxidation sites excluding steroid dienone is 1. The van der Waals surface area contributed by atoms with Crippen LogP contribution in [0.5, 0.6) is 0 Å². The summed E-state index contributed by atoms with van der Waals surface area (Å²) in [5.74, 6) is -0.416. The maximum Gasteiger partial charge on any atom is 0.343 e. The number of rotatable bonds is 4. The molecule has 3 aromatic rings. The maximum absolute atomic E-state index is 12.2. The SMILES string of the molecule is C/C=C(/c1cc(C)n2ncc(C(=O)OCC)c2n1)c1cccnc1C. The molecule has 128 valence electrons. The molecule has 0 fully saturated rings. The van der Waals surface area contributed by atoms with Crippen molar-refractivity contribution in [1.29, 1.82) is 0 Å². The van der Waals surface area contributed by atoms with Gasteiger partial charge in [-0.1, -0.05) is 12.1 Å². The molecule has 0 bridgehead atoms. The number of nitrogens with zero attached hydrogens (tertiary/aromatic N) is 4. The van der Waals surface area contributed by atoms with Gasteiger partial charge in [0.15, 0.2) is 5.65 Å². The quantitative estimate of drug-likeness (QED) is 0.683. The molecule has 0 aliphatic rings. The Labute approximate surface area is 146 Å². The molecule has 0 spiro atoms. The van der Waals surface area contributed by atoms with Gasteiger partial charge in [-0.2, -0.15) is 5.10 Å². The third kappa shape index (κ3) is 3.03. The van der Waals surface area contributed by atoms with Crippen LogP contribution in [0.3, 0.4) is 0 Å². The molecular formula is C19H20N4O2. The highest BCUT2D eigenvalue weighted by atomic mass is 16.5. The number of esters is 1. The van der Waals surface area contributed by atoms with Crippen LogP contribution in [0.15, 0.2) is 36.7 Å². The van der Waals surface area contributed by atoms with Crippen LogP contribution in [0, 0.1) is 13.8 Å². The molecule has 0 N–H and O–H groups in total. The molecule has 0 aliphatic carbocycles. The van der Waals surface area contributed by atoms with Gasteiger partial charge in [0.1, 0.15) is 5.56 Å². The first-order valence-corrected chi connectivity index (χ1v) is 8.18. The highest BCUT2D eigenvalue weighted by molar-refractivity contribution is 5.96. The van der Waals surface area contributed by atoms with Crippen LogP contribution in [0.1, 0.15) is 46.9 Å². The summed E-state index contributed by atoms with van der Waals surface area (Å²) in [6, 6.07) is 5.87. The van der Waals surface area contributed by atoms with Gasteiger partial charge in [0.2, 0.25) is 0 Å². The first kappa shape index (κ1) is 16.8. The summed E-state index contributed by atoms with van der Waals surface area (Å²) in [7, 11) is 0. The van der Waals surface area contributed by atoms with Crippen molar-refractivity contribution < 1.29 is 9.53 Å². The van der Waals surface area contributed by atoms with Crippen molar-refractivity contribution in [2.75, 3.05) is 6.61 Å². The van der Waals surface area contributed by atoms with Gasteiger partial charge in [0, 0.05) is 28.7 Å². The van der Waals surface area contributed by atoms with E-state index in [2.05, 4.69) is 10.1 Å². The van der Waals surface area contributed by atoms with Crippen LogP contribution in [-0.2, 0) is 4.74 Å². The van der Waals surface area contributed by atoms with Crippen molar-refractivity contribution >= 4 is 17.2 Å². The fourth-order valence-electron chi connectivity index (χ4n) is 2.81. The predicted octanol–water partition coefficient (Wildman–Crippen LogP) is 3.37. The molecule has 3 rings (SSSR count). The summed E-state index contributed by atoms with van der Waals surface area (Å²) >= 11 is 0. The van der Waals surface area contributed by atoms with Crippen LogP contribution in [0.25, 0.3) is 11.2 Å². The lowest BCUT2D eigenvalue weighted by molar-refractivity contribution is 0.0528. The second-order valence-electron chi connectivity index (χ2n) is 5.64. The minimum Gasteiger partial charge on any atom is -0.462 e. The van der Waals surface area contributed by atoms with Crippen LogP contribution < -0.4 is 0 Å². The Morgan fingerprint density at radius 2 is 2.12 bits per heavy atom. The molecule has 0 atom stereocenters. The number of fused-ring (bicyclic) bond motifs is 1. The summed E-state index contributed by atoms with van der Waals surface area (Å²) in [5.41, 5.74) is 5.42. The average Bonchev–Trinajstić information content (AvgIpc) is 3.02. The van der Waals surface area contributed by atoms with Crippen molar-refractivity contribution in [3.05, 3.63) is 64.9 Å². The molecule has 3 aromatic heterocycles. The summed E-state index contributed by atoms with van der Waals surface area (Å²) in [5, 5.41) is 4.26. The molecule has 0 aliphatic heterocycles. The molecular weight excluding hydrogens is 316 g/mol. The molecule has 0 amide bonds. The highest BCUT2D eigenvalue weighted by Crippen LogP contribution is 2.25. The molecule has 3 heterocycles. The van der Waals surface area contributed by atoms with E-state index >= 15 is 0 Å². The Morgan fingerprint density at radius 1 is 1.32 bits per heavy atom. The Kier molecular flexibility index (Phi) is 4.61. The third-order valence-corrected chi connectivity index (χ3v) is 4.01. The van der Waals surface area contributed by atoms with Gasteiger partial charge in [-0.25, -0.2) is 14.3 Å². The number of carbonyl (C=O) groups excluding carboxylic acids is 1. The van der Waals surface area contributed by atoms with Gasteiger partial charge in [-0.05, 0) is 39.8 Å². The molecule has 0 unspecified atom stereocenters. The van der Waals surface area contributed by atoms with E-state index in [1.807, 2.05) is 45.0 Å². The molecule has 0 saturated heterocycles. The van der Waals surface area contributed by atoms with Gasteiger partial charge in [-0.15, -0.1) is 0 Å². The van der Waals surface area contributed by atoms with E-state index < -0.39 is 5.97 Å². The first-order chi connectivity index (χ1) is 12.1. The maximum atomic E-state index is 12.2. The Bertz CT molecular complexity index is 973. The molecule has 0 saturated carbocycles. The van der Waals surface area contributed by atoms with E-state index in [4.69, 9.17) is 9.72 Å². The van der Waals surface area contributed by atoms with Gasteiger partial charge >= 0.3 is 5.97 Å². The zero-order chi connectivity index (χ0) is 18.0. The molecule has 0 radical (unpaired) electrons.